The molecule has 0 atom stereocenters. The Labute approximate surface area is 163 Å². The molecule has 0 aliphatic heterocycles. The molecule has 146 valence electrons. The zero-order valence-electron chi connectivity index (χ0n) is 15.0. The summed E-state index contributed by atoms with van der Waals surface area (Å²) in [7, 11) is -2.71. The smallest absolute Gasteiger partial charge is 0.294 e. The first-order valence-electron chi connectivity index (χ1n) is 8.19. The fraction of sp³-hybridized carbons (Fsp3) is 0.158. The molecule has 0 fully saturated rings. The Bertz CT molecular complexity index is 991. The topological polar surface area (TPSA) is 129 Å². The van der Waals surface area contributed by atoms with Crippen molar-refractivity contribution in [3.63, 3.8) is 0 Å². The molecule has 0 spiro atoms. The van der Waals surface area contributed by atoms with Gasteiger partial charge in [-0.25, -0.2) is 0 Å². The predicted octanol–water partition coefficient (Wildman–Crippen LogP) is 2.12. The third kappa shape index (κ3) is 6.12. The minimum Gasteiger partial charge on any atom is -0.497 e. The zero-order valence-corrected chi connectivity index (χ0v) is 15.9. The second-order valence-electron chi connectivity index (χ2n) is 5.68. The average molecular weight is 401 g/mol. The summed E-state index contributed by atoms with van der Waals surface area (Å²) in [5.41, 5.74) is 1.23. The van der Waals surface area contributed by atoms with Crippen molar-refractivity contribution in [2.75, 3.05) is 19.0 Å². The lowest BCUT2D eigenvalue weighted by Gasteiger charge is -2.06. The molecular formula is C19H19N3O5S. The Morgan fingerprint density at radius 3 is 2.36 bits per heavy atom. The van der Waals surface area contributed by atoms with E-state index in [1.165, 1.54) is 18.3 Å². The van der Waals surface area contributed by atoms with Crippen LogP contribution in [0.15, 0.2) is 65.2 Å². The quantitative estimate of drug-likeness (QED) is 0.267. The summed E-state index contributed by atoms with van der Waals surface area (Å²) in [5.74, 6) is 0.128. The first kappa shape index (κ1) is 21.0. The van der Waals surface area contributed by atoms with Gasteiger partial charge in [0.25, 0.3) is 16.0 Å². The van der Waals surface area contributed by atoms with E-state index in [2.05, 4.69) is 10.6 Å². The van der Waals surface area contributed by atoms with E-state index in [0.717, 1.165) is 23.4 Å². The normalized spacial score (nSPS) is 11.4. The largest absolute Gasteiger partial charge is 0.497 e. The van der Waals surface area contributed by atoms with Crippen molar-refractivity contribution in [1.29, 1.82) is 5.26 Å². The van der Waals surface area contributed by atoms with E-state index in [4.69, 9.17) is 14.6 Å². The lowest BCUT2D eigenvalue weighted by atomic mass is 10.1. The number of nitrogens with one attached hydrogen (secondary N) is 2. The molecule has 0 radical (unpaired) electrons. The minimum absolute atomic E-state index is 0.131. The average Bonchev–Trinajstić information content (AvgIpc) is 2.68. The standard InChI is InChI=1S/C19H19N3O5S/c1-27-17-6-2-14(3-7-17)10-11-21-13-15(12-20)19(23)22-16-4-8-18(9-5-16)28(24,25)26/h2-9,13,21H,10-11H2,1H3,(H,22,23)(H,24,25,26)/b15-13-. The van der Waals surface area contributed by atoms with Gasteiger partial charge in [-0.05, 0) is 48.4 Å². The molecule has 1 amide bonds. The van der Waals surface area contributed by atoms with Crippen LogP contribution in [0, 0.1) is 11.3 Å². The monoisotopic (exact) mass is 401 g/mol. The van der Waals surface area contributed by atoms with E-state index in [1.54, 1.807) is 13.2 Å². The highest BCUT2D eigenvalue weighted by Crippen LogP contribution is 2.14. The second-order valence-corrected chi connectivity index (χ2v) is 7.10. The van der Waals surface area contributed by atoms with Gasteiger partial charge in [-0.3, -0.25) is 9.35 Å². The van der Waals surface area contributed by atoms with Crippen LogP contribution in [0.5, 0.6) is 5.75 Å². The lowest BCUT2D eigenvalue weighted by molar-refractivity contribution is -0.112. The third-order valence-corrected chi connectivity index (χ3v) is 4.61. The maximum absolute atomic E-state index is 12.1. The molecule has 8 nitrogen and oxygen atoms in total. The van der Waals surface area contributed by atoms with Gasteiger partial charge >= 0.3 is 0 Å². The molecule has 0 saturated heterocycles. The Balaban J connectivity index is 1.90. The van der Waals surface area contributed by atoms with Crippen LogP contribution in [-0.2, 0) is 21.3 Å². The summed E-state index contributed by atoms with van der Waals surface area (Å²) >= 11 is 0. The molecule has 0 aliphatic rings. The van der Waals surface area contributed by atoms with Gasteiger partial charge in [-0.2, -0.15) is 13.7 Å². The van der Waals surface area contributed by atoms with Crippen LogP contribution in [0.25, 0.3) is 0 Å². The number of ether oxygens (including phenoxy) is 1. The first-order valence-corrected chi connectivity index (χ1v) is 9.63. The summed E-state index contributed by atoms with van der Waals surface area (Å²) in [4.78, 5) is 11.8. The summed E-state index contributed by atoms with van der Waals surface area (Å²) in [6.45, 7) is 0.522. The first-order chi connectivity index (χ1) is 13.3. The molecule has 0 saturated carbocycles. The molecule has 0 unspecified atom stereocenters. The van der Waals surface area contributed by atoms with Crippen LogP contribution >= 0.6 is 0 Å². The highest BCUT2D eigenvalue weighted by molar-refractivity contribution is 7.85. The number of anilines is 1. The maximum Gasteiger partial charge on any atom is 0.294 e. The van der Waals surface area contributed by atoms with E-state index in [0.29, 0.717) is 13.0 Å². The zero-order chi connectivity index (χ0) is 20.6. The highest BCUT2D eigenvalue weighted by atomic mass is 32.2. The van der Waals surface area contributed by atoms with Crippen LogP contribution in [-0.4, -0.2) is 32.5 Å². The summed E-state index contributed by atoms with van der Waals surface area (Å²) in [6.07, 6.45) is 2.02. The van der Waals surface area contributed by atoms with Crippen molar-refractivity contribution in [3.05, 3.63) is 65.9 Å². The van der Waals surface area contributed by atoms with Gasteiger partial charge in [0.1, 0.15) is 17.4 Å². The number of hydrogen-bond acceptors (Lipinski definition) is 6. The highest BCUT2D eigenvalue weighted by Gasteiger charge is 2.11. The van der Waals surface area contributed by atoms with Gasteiger partial charge in [-0.1, -0.05) is 12.1 Å². The number of carbonyl (C=O) groups is 1. The van der Waals surface area contributed by atoms with E-state index >= 15 is 0 Å². The molecule has 2 aromatic carbocycles. The van der Waals surface area contributed by atoms with Crippen molar-refractivity contribution in [2.45, 2.75) is 11.3 Å². The fourth-order valence-corrected chi connectivity index (χ4v) is 2.72. The van der Waals surface area contributed by atoms with Crippen molar-refractivity contribution in [1.82, 2.24) is 5.32 Å². The van der Waals surface area contributed by atoms with Crippen molar-refractivity contribution in [3.8, 4) is 11.8 Å². The summed E-state index contributed by atoms with van der Waals surface area (Å²) in [6, 6.07) is 14.3. The van der Waals surface area contributed by atoms with Crippen LogP contribution in [0.3, 0.4) is 0 Å². The Kier molecular flexibility index (Phi) is 7.14. The Morgan fingerprint density at radius 2 is 1.82 bits per heavy atom. The molecule has 2 rings (SSSR count). The van der Waals surface area contributed by atoms with E-state index < -0.39 is 16.0 Å². The maximum atomic E-state index is 12.1. The van der Waals surface area contributed by atoms with Crippen LogP contribution in [0.4, 0.5) is 5.69 Å². The van der Waals surface area contributed by atoms with Crippen molar-refractivity contribution >= 4 is 21.7 Å². The SMILES string of the molecule is COc1ccc(CCN/C=C(/C#N)C(=O)Nc2ccc(S(=O)(=O)O)cc2)cc1. The van der Waals surface area contributed by atoms with Gasteiger partial charge in [0, 0.05) is 18.4 Å². The van der Waals surface area contributed by atoms with Crippen LogP contribution < -0.4 is 15.4 Å². The number of amides is 1. The van der Waals surface area contributed by atoms with Crippen LogP contribution in [0.1, 0.15) is 5.56 Å². The van der Waals surface area contributed by atoms with Gasteiger partial charge in [0.15, 0.2) is 0 Å². The number of rotatable bonds is 8. The Hall–Kier alpha value is -3.35. The lowest BCUT2D eigenvalue weighted by Crippen LogP contribution is -2.18. The summed E-state index contributed by atoms with van der Waals surface area (Å²) in [5, 5.41) is 14.6. The van der Waals surface area contributed by atoms with Gasteiger partial charge in [0.2, 0.25) is 0 Å². The van der Waals surface area contributed by atoms with Crippen molar-refractivity contribution < 1.29 is 22.5 Å². The number of benzene rings is 2. The second kappa shape index (κ2) is 9.55. The molecule has 0 heterocycles. The fourth-order valence-electron chi connectivity index (χ4n) is 2.24. The van der Waals surface area contributed by atoms with E-state index in [-0.39, 0.29) is 16.2 Å². The molecule has 0 aliphatic carbocycles. The molecule has 2 aromatic rings. The third-order valence-electron chi connectivity index (χ3n) is 3.74. The van der Waals surface area contributed by atoms with Crippen molar-refractivity contribution in [2.24, 2.45) is 0 Å². The Morgan fingerprint density at radius 1 is 1.18 bits per heavy atom. The number of carbonyl (C=O) groups excluding carboxylic acids is 1. The van der Waals surface area contributed by atoms with Crippen LogP contribution in [0.2, 0.25) is 0 Å². The molecular weight excluding hydrogens is 382 g/mol. The molecule has 28 heavy (non-hydrogen) atoms. The van der Waals surface area contributed by atoms with Gasteiger partial charge in [-0.15, -0.1) is 0 Å². The number of hydrogen-bond donors (Lipinski definition) is 3. The number of methoxy groups -OCH3 is 1. The van der Waals surface area contributed by atoms with Gasteiger partial charge < -0.3 is 15.4 Å². The van der Waals surface area contributed by atoms with E-state index in [9.17, 15) is 13.2 Å². The molecule has 0 bridgehead atoms. The molecule has 0 aromatic heterocycles. The van der Waals surface area contributed by atoms with E-state index in [1.807, 2.05) is 24.3 Å². The van der Waals surface area contributed by atoms with Gasteiger partial charge in [0.05, 0.1) is 12.0 Å². The summed E-state index contributed by atoms with van der Waals surface area (Å²) < 4.78 is 36.0. The molecule has 9 heteroatoms. The minimum atomic E-state index is -4.30. The number of nitriles is 1. The number of nitrogens with zero attached hydrogens (tertiary/aromatic N) is 1. The molecule has 3 N–H and O–H groups in total. The predicted molar refractivity (Wildman–Crippen MR) is 103 cm³/mol.